The van der Waals surface area contributed by atoms with Crippen LogP contribution in [0.2, 0.25) is 0 Å². The first-order chi connectivity index (χ1) is 15.5. The van der Waals surface area contributed by atoms with E-state index in [0.717, 1.165) is 30.4 Å². The van der Waals surface area contributed by atoms with Crippen LogP contribution in [0.3, 0.4) is 0 Å². The quantitative estimate of drug-likeness (QED) is 0.373. The molecule has 0 aliphatic carbocycles. The fourth-order valence-electron chi connectivity index (χ4n) is 2.51. The number of aliphatic hydroxyl groups excluding tert-OH is 1. The summed E-state index contributed by atoms with van der Waals surface area (Å²) in [5.41, 5.74) is 1.90. The number of hydrogen-bond donors (Lipinski definition) is 4. The third kappa shape index (κ3) is 14.6. The number of amides is 2. The van der Waals surface area contributed by atoms with Crippen LogP contribution in [0, 0.1) is 0 Å². The van der Waals surface area contributed by atoms with Gasteiger partial charge in [-0.3, -0.25) is 9.59 Å². The van der Waals surface area contributed by atoms with Crippen molar-refractivity contribution in [3.05, 3.63) is 71.8 Å². The number of alkyl carbamates (subject to hydrolysis) is 1. The van der Waals surface area contributed by atoms with Gasteiger partial charge in [-0.15, -0.1) is 0 Å². The van der Waals surface area contributed by atoms with Crippen LogP contribution in [0.25, 0.3) is 0 Å². The van der Waals surface area contributed by atoms with Crippen LogP contribution in [0.15, 0.2) is 60.7 Å². The molecule has 0 saturated heterocycles. The van der Waals surface area contributed by atoms with Crippen LogP contribution in [-0.2, 0) is 27.5 Å². The number of carboxylic acid groups (broad SMARTS) is 1. The van der Waals surface area contributed by atoms with Crippen LogP contribution in [0.5, 0.6) is 0 Å². The highest BCUT2D eigenvalue weighted by Gasteiger charge is 2.04. The van der Waals surface area contributed by atoms with Crippen LogP contribution in [0.4, 0.5) is 4.79 Å². The number of unbranched alkanes of at least 4 members (excludes halogenated alkanes) is 2. The minimum absolute atomic E-state index is 0.00411. The summed E-state index contributed by atoms with van der Waals surface area (Å²) in [6.45, 7) is 1.41. The van der Waals surface area contributed by atoms with E-state index in [-0.39, 0.29) is 32.0 Å². The maximum absolute atomic E-state index is 11.5. The van der Waals surface area contributed by atoms with E-state index >= 15 is 0 Å². The predicted octanol–water partition coefficient (Wildman–Crippen LogP) is 3.24. The number of aliphatic carboxylic acids is 1. The molecule has 2 aromatic carbocycles. The molecule has 2 aromatic rings. The van der Waals surface area contributed by atoms with Crippen molar-refractivity contribution in [2.24, 2.45) is 0 Å². The zero-order valence-electron chi connectivity index (χ0n) is 18.2. The van der Waals surface area contributed by atoms with Crippen molar-refractivity contribution in [1.82, 2.24) is 10.6 Å². The molecule has 32 heavy (non-hydrogen) atoms. The molecule has 0 aliphatic rings. The highest BCUT2D eigenvalue weighted by atomic mass is 16.5. The molecule has 0 fully saturated rings. The molecule has 2 rings (SSSR count). The summed E-state index contributed by atoms with van der Waals surface area (Å²) >= 11 is 0. The SMILES string of the molecule is O=C(O)CCC(=O)NCCCCCNC(=O)OCc1ccccc1.OCc1ccccc1. The third-order valence-corrected chi connectivity index (χ3v) is 4.25. The van der Waals surface area contributed by atoms with Crippen LogP contribution in [-0.4, -0.2) is 41.3 Å². The zero-order chi connectivity index (χ0) is 23.4. The fraction of sp³-hybridized carbons (Fsp3) is 0.375. The lowest BCUT2D eigenvalue weighted by Crippen LogP contribution is -2.26. The molecule has 0 aromatic heterocycles. The Morgan fingerprint density at radius 2 is 1.31 bits per heavy atom. The van der Waals surface area contributed by atoms with Gasteiger partial charge in [0.2, 0.25) is 5.91 Å². The summed E-state index contributed by atoms with van der Waals surface area (Å²) in [5, 5.41) is 22.3. The van der Waals surface area contributed by atoms with E-state index < -0.39 is 12.1 Å². The van der Waals surface area contributed by atoms with E-state index in [1.807, 2.05) is 60.7 Å². The van der Waals surface area contributed by atoms with Gasteiger partial charge in [0.05, 0.1) is 13.0 Å². The summed E-state index contributed by atoms with van der Waals surface area (Å²) < 4.78 is 5.08. The minimum Gasteiger partial charge on any atom is -0.481 e. The van der Waals surface area contributed by atoms with Gasteiger partial charge in [0, 0.05) is 19.5 Å². The molecule has 0 heterocycles. The second-order valence-corrected chi connectivity index (χ2v) is 6.94. The molecule has 0 bridgehead atoms. The maximum Gasteiger partial charge on any atom is 0.407 e. The van der Waals surface area contributed by atoms with Crippen molar-refractivity contribution in [1.29, 1.82) is 0 Å². The number of nitrogens with one attached hydrogen (secondary N) is 2. The Hall–Kier alpha value is -3.39. The highest BCUT2D eigenvalue weighted by Crippen LogP contribution is 2.01. The molecule has 0 radical (unpaired) electrons. The Kier molecular flexibility index (Phi) is 14.4. The van der Waals surface area contributed by atoms with Gasteiger partial charge >= 0.3 is 12.1 Å². The molecule has 8 heteroatoms. The van der Waals surface area contributed by atoms with Crippen molar-refractivity contribution in [3.8, 4) is 0 Å². The third-order valence-electron chi connectivity index (χ3n) is 4.25. The topological polar surface area (TPSA) is 125 Å². The van der Waals surface area contributed by atoms with E-state index in [1.165, 1.54) is 0 Å². The van der Waals surface area contributed by atoms with E-state index in [1.54, 1.807) is 0 Å². The largest absolute Gasteiger partial charge is 0.481 e. The number of hydrogen-bond acceptors (Lipinski definition) is 5. The summed E-state index contributed by atoms with van der Waals surface area (Å²) in [6, 6.07) is 19.0. The van der Waals surface area contributed by atoms with Crippen molar-refractivity contribution in [2.75, 3.05) is 13.1 Å². The number of aliphatic hydroxyl groups is 1. The predicted molar refractivity (Wildman–Crippen MR) is 121 cm³/mol. The lowest BCUT2D eigenvalue weighted by molar-refractivity contribution is -0.138. The summed E-state index contributed by atoms with van der Waals surface area (Å²) in [7, 11) is 0. The second kappa shape index (κ2) is 17.3. The fourth-order valence-corrected chi connectivity index (χ4v) is 2.51. The van der Waals surface area contributed by atoms with Gasteiger partial charge in [-0.05, 0) is 30.4 Å². The molecule has 0 unspecified atom stereocenters. The Balaban J connectivity index is 0.000000533. The molecule has 4 N–H and O–H groups in total. The summed E-state index contributed by atoms with van der Waals surface area (Å²) in [6.07, 6.45) is 1.81. The summed E-state index contributed by atoms with van der Waals surface area (Å²) in [5.74, 6) is -1.23. The number of carboxylic acids is 1. The first kappa shape index (κ1) is 26.6. The molecule has 0 saturated carbocycles. The Morgan fingerprint density at radius 3 is 1.84 bits per heavy atom. The second-order valence-electron chi connectivity index (χ2n) is 6.94. The smallest absolute Gasteiger partial charge is 0.407 e. The van der Waals surface area contributed by atoms with Crippen molar-refractivity contribution < 1.29 is 29.3 Å². The standard InChI is InChI=1S/C17H24N2O5.C7H8O/c20-15(9-10-16(21)22)18-11-5-2-6-12-19-17(23)24-13-14-7-3-1-4-8-14;8-6-7-4-2-1-3-5-7/h1,3-4,7-8H,2,5-6,9-13H2,(H,18,20)(H,19,23)(H,21,22);1-5,8H,6H2. The first-order valence-electron chi connectivity index (χ1n) is 10.6. The van der Waals surface area contributed by atoms with Gasteiger partial charge in [-0.2, -0.15) is 0 Å². The van der Waals surface area contributed by atoms with E-state index in [4.69, 9.17) is 14.9 Å². The van der Waals surface area contributed by atoms with Gasteiger partial charge in [-0.25, -0.2) is 4.79 Å². The summed E-state index contributed by atoms with van der Waals surface area (Å²) in [4.78, 5) is 33.1. The first-order valence-corrected chi connectivity index (χ1v) is 10.6. The molecular formula is C24H32N2O6. The number of rotatable bonds is 12. The number of benzene rings is 2. The minimum atomic E-state index is -0.977. The Morgan fingerprint density at radius 1 is 0.750 bits per heavy atom. The number of ether oxygens (including phenoxy) is 1. The van der Waals surface area contributed by atoms with Crippen molar-refractivity contribution >= 4 is 18.0 Å². The molecule has 2 amide bonds. The highest BCUT2D eigenvalue weighted by molar-refractivity contribution is 5.80. The zero-order valence-corrected chi connectivity index (χ0v) is 18.2. The lowest BCUT2D eigenvalue weighted by atomic mass is 10.2. The monoisotopic (exact) mass is 444 g/mol. The molecule has 174 valence electrons. The van der Waals surface area contributed by atoms with Crippen LogP contribution in [0.1, 0.15) is 43.2 Å². The average Bonchev–Trinajstić information content (AvgIpc) is 2.82. The van der Waals surface area contributed by atoms with E-state index in [9.17, 15) is 14.4 Å². The van der Waals surface area contributed by atoms with Gasteiger partial charge in [-0.1, -0.05) is 60.7 Å². The van der Waals surface area contributed by atoms with Gasteiger partial charge in [0.1, 0.15) is 6.61 Å². The molecule has 8 nitrogen and oxygen atoms in total. The van der Waals surface area contributed by atoms with Crippen LogP contribution >= 0.6 is 0 Å². The van der Waals surface area contributed by atoms with E-state index in [2.05, 4.69) is 10.6 Å². The molecule has 0 aliphatic heterocycles. The van der Waals surface area contributed by atoms with Crippen LogP contribution < -0.4 is 10.6 Å². The van der Waals surface area contributed by atoms with Crippen molar-refractivity contribution in [2.45, 2.75) is 45.3 Å². The lowest BCUT2D eigenvalue weighted by Gasteiger charge is -2.07. The van der Waals surface area contributed by atoms with E-state index in [0.29, 0.717) is 13.1 Å². The average molecular weight is 445 g/mol. The maximum atomic E-state index is 11.5. The number of carbonyl (C=O) groups is 3. The molecule has 0 atom stereocenters. The van der Waals surface area contributed by atoms with Crippen molar-refractivity contribution in [3.63, 3.8) is 0 Å². The Bertz CT molecular complexity index is 784. The Labute approximate surface area is 188 Å². The number of carbonyl (C=O) groups excluding carboxylic acids is 2. The van der Waals surface area contributed by atoms with Gasteiger partial charge < -0.3 is 25.6 Å². The normalized spacial score (nSPS) is 9.78. The van der Waals surface area contributed by atoms with Gasteiger partial charge in [0.25, 0.3) is 0 Å². The molecule has 0 spiro atoms. The molecular weight excluding hydrogens is 412 g/mol. The van der Waals surface area contributed by atoms with Gasteiger partial charge in [0.15, 0.2) is 0 Å².